The third kappa shape index (κ3) is 32.8. The molecular formula is C42H76O7. The molecule has 0 radical (unpaired) electrons. The van der Waals surface area contributed by atoms with E-state index in [2.05, 4.69) is 38.2 Å². The van der Waals surface area contributed by atoms with Crippen LogP contribution >= 0.6 is 0 Å². The number of carbonyl (C=O) groups is 3. The summed E-state index contributed by atoms with van der Waals surface area (Å²) < 4.78 is 10.3. The van der Waals surface area contributed by atoms with Gasteiger partial charge in [0.1, 0.15) is 0 Å². The number of unbranched alkanes of at least 4 members (excludes halogenated alkanes) is 24. The number of hydrogen-bond donors (Lipinski definition) is 2. The molecule has 0 aromatic carbocycles. The lowest BCUT2D eigenvalue weighted by molar-refractivity contribution is -0.173. The maximum Gasteiger partial charge on any atom is 0.336 e. The van der Waals surface area contributed by atoms with Gasteiger partial charge in [-0.1, -0.05) is 154 Å². The van der Waals surface area contributed by atoms with Crippen LogP contribution in [0.3, 0.4) is 0 Å². The second-order valence-corrected chi connectivity index (χ2v) is 14.0. The molecule has 0 heterocycles. The Morgan fingerprint density at radius 2 is 0.714 bits per heavy atom. The number of carboxylic acid groups (broad SMARTS) is 1. The standard InChI is InChI=1S/C42H76O7/c1-3-5-7-9-11-13-15-17-19-21-23-25-27-29-31-33-35-48-39(43)37-42(47,41(45)46)38-40(44)49-36-34-32-30-28-26-24-22-20-18-16-14-12-10-8-6-4-2/h17-20,47H,3-16,21-38H2,1-2H3,(H,45,46). The van der Waals surface area contributed by atoms with E-state index >= 15 is 0 Å². The molecule has 0 saturated carbocycles. The van der Waals surface area contributed by atoms with Crippen LogP contribution in [0.5, 0.6) is 0 Å². The second kappa shape index (κ2) is 35.7. The lowest BCUT2D eigenvalue weighted by Crippen LogP contribution is -2.43. The summed E-state index contributed by atoms with van der Waals surface area (Å²) >= 11 is 0. The number of allylic oxidation sites excluding steroid dienone is 4. The van der Waals surface area contributed by atoms with Gasteiger partial charge in [-0.3, -0.25) is 9.59 Å². The first-order chi connectivity index (χ1) is 23.9. The number of esters is 2. The van der Waals surface area contributed by atoms with Gasteiger partial charge in [0.2, 0.25) is 0 Å². The lowest BCUT2D eigenvalue weighted by atomic mass is 9.96. The predicted molar refractivity (Wildman–Crippen MR) is 203 cm³/mol. The molecule has 0 aromatic rings. The first-order valence-corrected chi connectivity index (χ1v) is 20.4. The highest BCUT2D eigenvalue weighted by molar-refractivity contribution is 5.89. The van der Waals surface area contributed by atoms with Crippen LogP contribution in [-0.4, -0.2) is 46.9 Å². The average molecular weight is 693 g/mol. The van der Waals surface area contributed by atoms with Crippen LogP contribution in [0.4, 0.5) is 0 Å². The summed E-state index contributed by atoms with van der Waals surface area (Å²) in [5.74, 6) is -3.27. The molecule has 0 amide bonds. The minimum absolute atomic E-state index is 0.177. The summed E-state index contributed by atoms with van der Waals surface area (Å²) in [5, 5.41) is 20.0. The van der Waals surface area contributed by atoms with Crippen molar-refractivity contribution in [1.29, 1.82) is 0 Å². The van der Waals surface area contributed by atoms with Crippen molar-refractivity contribution in [1.82, 2.24) is 0 Å². The van der Waals surface area contributed by atoms with Crippen molar-refractivity contribution in [2.24, 2.45) is 0 Å². The molecule has 49 heavy (non-hydrogen) atoms. The van der Waals surface area contributed by atoms with Crippen molar-refractivity contribution in [3.63, 3.8) is 0 Å². The van der Waals surface area contributed by atoms with Gasteiger partial charge in [0.25, 0.3) is 0 Å². The van der Waals surface area contributed by atoms with Crippen LogP contribution in [0.15, 0.2) is 24.3 Å². The fourth-order valence-electron chi connectivity index (χ4n) is 5.86. The molecule has 0 spiro atoms. The Morgan fingerprint density at radius 3 is 1.00 bits per heavy atom. The van der Waals surface area contributed by atoms with Gasteiger partial charge < -0.3 is 19.7 Å². The molecule has 0 aliphatic rings. The first-order valence-electron chi connectivity index (χ1n) is 20.4. The van der Waals surface area contributed by atoms with Crippen LogP contribution in [-0.2, 0) is 23.9 Å². The number of aliphatic carboxylic acids is 1. The van der Waals surface area contributed by atoms with Gasteiger partial charge in [0.15, 0.2) is 5.60 Å². The molecule has 0 rings (SSSR count). The minimum Gasteiger partial charge on any atom is -0.479 e. The van der Waals surface area contributed by atoms with Crippen molar-refractivity contribution in [3.05, 3.63) is 24.3 Å². The lowest BCUT2D eigenvalue weighted by Gasteiger charge is -2.21. The van der Waals surface area contributed by atoms with Gasteiger partial charge in [0.05, 0.1) is 26.1 Å². The van der Waals surface area contributed by atoms with Gasteiger partial charge >= 0.3 is 17.9 Å². The number of carboxylic acids is 1. The smallest absolute Gasteiger partial charge is 0.336 e. The molecule has 0 atom stereocenters. The highest BCUT2D eigenvalue weighted by atomic mass is 16.5. The minimum atomic E-state index is -2.53. The molecule has 0 aromatic heterocycles. The zero-order valence-corrected chi connectivity index (χ0v) is 31.9. The molecule has 0 unspecified atom stereocenters. The number of ether oxygens (including phenoxy) is 2. The summed E-state index contributed by atoms with van der Waals surface area (Å²) in [6.07, 6.45) is 40.7. The van der Waals surface area contributed by atoms with Crippen molar-refractivity contribution in [3.8, 4) is 0 Å². The monoisotopic (exact) mass is 693 g/mol. The molecule has 0 aliphatic carbocycles. The summed E-state index contributed by atoms with van der Waals surface area (Å²) in [7, 11) is 0. The van der Waals surface area contributed by atoms with E-state index in [1.54, 1.807) is 0 Å². The fourth-order valence-corrected chi connectivity index (χ4v) is 5.86. The third-order valence-corrected chi connectivity index (χ3v) is 9.11. The van der Waals surface area contributed by atoms with Crippen molar-refractivity contribution >= 4 is 17.9 Å². The summed E-state index contributed by atoms with van der Waals surface area (Å²) in [5.41, 5.74) is -2.53. The SMILES string of the molecule is CCCCCCCCC=CCCCCCCCCOC(=O)CC(O)(CC(=O)OCCCCCCCCC=CCCCCCCCC)C(=O)O. The highest BCUT2D eigenvalue weighted by Crippen LogP contribution is 2.19. The van der Waals surface area contributed by atoms with E-state index in [4.69, 9.17) is 9.47 Å². The molecule has 286 valence electrons. The normalized spacial score (nSPS) is 12.9. The Balaban J connectivity index is 3.79. The maximum atomic E-state index is 12.2. The largest absolute Gasteiger partial charge is 0.479 e. The zero-order valence-electron chi connectivity index (χ0n) is 31.9. The maximum absolute atomic E-state index is 12.2. The van der Waals surface area contributed by atoms with Gasteiger partial charge in [-0.2, -0.15) is 0 Å². The number of hydrogen-bond acceptors (Lipinski definition) is 6. The van der Waals surface area contributed by atoms with E-state index in [0.717, 1.165) is 51.4 Å². The summed E-state index contributed by atoms with van der Waals surface area (Å²) in [6, 6.07) is 0. The molecule has 0 bridgehead atoms. The molecule has 7 heteroatoms. The third-order valence-electron chi connectivity index (χ3n) is 9.11. The topological polar surface area (TPSA) is 110 Å². The second-order valence-electron chi connectivity index (χ2n) is 14.0. The predicted octanol–water partition coefficient (Wildman–Crippen LogP) is 11.7. The van der Waals surface area contributed by atoms with E-state index in [-0.39, 0.29) is 13.2 Å². The summed E-state index contributed by atoms with van der Waals surface area (Å²) in [6.45, 7) is 4.85. The molecule has 0 fully saturated rings. The first kappa shape index (κ1) is 46.9. The van der Waals surface area contributed by atoms with Crippen LogP contribution in [0.2, 0.25) is 0 Å². The van der Waals surface area contributed by atoms with E-state index in [1.165, 1.54) is 116 Å². The fraction of sp³-hybridized carbons (Fsp3) is 0.833. The Kier molecular flexibility index (Phi) is 34.1. The average Bonchev–Trinajstić information content (AvgIpc) is 3.07. The Morgan fingerprint density at radius 1 is 0.449 bits per heavy atom. The molecular weight excluding hydrogens is 616 g/mol. The Bertz CT molecular complexity index is 777. The van der Waals surface area contributed by atoms with Crippen LogP contribution in [0, 0.1) is 0 Å². The molecule has 0 aliphatic heterocycles. The van der Waals surface area contributed by atoms with Gasteiger partial charge in [0, 0.05) is 0 Å². The van der Waals surface area contributed by atoms with E-state index in [1.807, 2.05) is 0 Å². The number of aliphatic hydroxyl groups is 1. The summed E-state index contributed by atoms with van der Waals surface area (Å²) in [4.78, 5) is 36.1. The quantitative estimate of drug-likeness (QED) is 0.0379. The van der Waals surface area contributed by atoms with Crippen LogP contribution < -0.4 is 0 Å². The number of rotatable bonds is 37. The Labute approximate surface area is 301 Å². The van der Waals surface area contributed by atoms with Crippen LogP contribution in [0.1, 0.15) is 206 Å². The van der Waals surface area contributed by atoms with E-state index in [0.29, 0.717) is 12.8 Å². The van der Waals surface area contributed by atoms with Crippen molar-refractivity contribution < 1.29 is 34.1 Å². The van der Waals surface area contributed by atoms with Crippen molar-refractivity contribution in [2.45, 2.75) is 212 Å². The molecule has 0 saturated heterocycles. The van der Waals surface area contributed by atoms with Crippen molar-refractivity contribution in [2.75, 3.05) is 13.2 Å². The van der Waals surface area contributed by atoms with Gasteiger partial charge in [-0.25, -0.2) is 4.79 Å². The van der Waals surface area contributed by atoms with E-state index in [9.17, 15) is 24.6 Å². The van der Waals surface area contributed by atoms with E-state index < -0.39 is 36.4 Å². The van der Waals surface area contributed by atoms with Gasteiger partial charge in [-0.15, -0.1) is 0 Å². The Hall–Kier alpha value is -2.15. The van der Waals surface area contributed by atoms with Gasteiger partial charge in [-0.05, 0) is 64.2 Å². The highest BCUT2D eigenvalue weighted by Gasteiger charge is 2.42. The molecule has 7 nitrogen and oxygen atoms in total. The zero-order chi connectivity index (χ0) is 36.1. The molecule has 2 N–H and O–H groups in total. The van der Waals surface area contributed by atoms with Crippen LogP contribution in [0.25, 0.3) is 0 Å². The number of carbonyl (C=O) groups excluding carboxylic acids is 2.